The van der Waals surface area contributed by atoms with E-state index >= 15 is 0 Å². The fraction of sp³-hybridized carbons (Fsp3) is 0.0385. The van der Waals surface area contributed by atoms with Gasteiger partial charge in [-0.15, -0.1) is 0 Å². The Morgan fingerprint density at radius 3 is 2.33 bits per heavy atom. The Bertz CT molecular complexity index is 1520. The molecule has 0 radical (unpaired) electrons. The van der Waals surface area contributed by atoms with Crippen molar-refractivity contribution in [2.45, 2.75) is 6.54 Å². The third-order valence-electron chi connectivity index (χ3n) is 5.30. The van der Waals surface area contributed by atoms with Crippen LogP contribution < -0.4 is 10.9 Å². The molecule has 1 N–H and O–H groups in total. The predicted molar refractivity (Wildman–Crippen MR) is 131 cm³/mol. The van der Waals surface area contributed by atoms with E-state index in [0.717, 1.165) is 5.56 Å². The summed E-state index contributed by atoms with van der Waals surface area (Å²) < 4.78 is 7.57. The SMILES string of the molecule is O=C(Cn1c2ccccc2c(=O)c2ccccc21)N/N=C\c1ccc(-c2cccc(Cl)c2)o1. The van der Waals surface area contributed by atoms with Gasteiger partial charge in [-0.2, -0.15) is 5.10 Å². The molecule has 0 aliphatic carbocycles. The molecule has 33 heavy (non-hydrogen) atoms. The molecule has 2 aromatic heterocycles. The van der Waals surface area contributed by atoms with Crippen LogP contribution in [-0.4, -0.2) is 16.7 Å². The van der Waals surface area contributed by atoms with Crippen molar-refractivity contribution in [1.29, 1.82) is 0 Å². The van der Waals surface area contributed by atoms with E-state index in [0.29, 0.717) is 38.3 Å². The van der Waals surface area contributed by atoms with Crippen LogP contribution in [0.25, 0.3) is 33.1 Å². The van der Waals surface area contributed by atoms with Crippen molar-refractivity contribution >= 4 is 45.5 Å². The molecule has 0 aliphatic heterocycles. The molecule has 0 bridgehead atoms. The molecule has 6 nitrogen and oxygen atoms in total. The average Bonchev–Trinajstić information content (AvgIpc) is 3.31. The molecule has 0 saturated carbocycles. The van der Waals surface area contributed by atoms with E-state index in [1.165, 1.54) is 6.21 Å². The standard InChI is InChI=1S/C26H18ClN3O3/c27-18-7-5-6-17(14-18)24-13-12-19(33-24)15-28-29-25(31)16-30-22-10-3-1-8-20(22)26(32)21-9-2-4-11-23(21)30/h1-15H,16H2,(H,29,31)/b28-15-. The number of hydrazone groups is 1. The number of halogens is 1. The first-order valence-corrected chi connectivity index (χ1v) is 10.7. The van der Waals surface area contributed by atoms with Crippen molar-refractivity contribution < 1.29 is 9.21 Å². The fourth-order valence-corrected chi connectivity index (χ4v) is 4.00. The Morgan fingerprint density at radius 1 is 0.939 bits per heavy atom. The van der Waals surface area contributed by atoms with Gasteiger partial charge in [-0.1, -0.05) is 48.0 Å². The number of furan rings is 1. The molecule has 0 atom stereocenters. The average molecular weight is 456 g/mol. The molecular weight excluding hydrogens is 438 g/mol. The van der Waals surface area contributed by atoms with Crippen LogP contribution in [0, 0.1) is 0 Å². The first kappa shape index (κ1) is 20.7. The van der Waals surface area contributed by atoms with Crippen LogP contribution in [0.1, 0.15) is 5.76 Å². The van der Waals surface area contributed by atoms with Crippen LogP contribution in [0.2, 0.25) is 5.02 Å². The van der Waals surface area contributed by atoms with Gasteiger partial charge in [0.25, 0.3) is 5.91 Å². The maximum Gasteiger partial charge on any atom is 0.260 e. The van der Waals surface area contributed by atoms with Crippen LogP contribution in [-0.2, 0) is 11.3 Å². The second-order valence-corrected chi connectivity index (χ2v) is 7.89. The van der Waals surface area contributed by atoms with Gasteiger partial charge in [-0.3, -0.25) is 9.59 Å². The van der Waals surface area contributed by atoms with E-state index in [2.05, 4.69) is 10.5 Å². The van der Waals surface area contributed by atoms with Gasteiger partial charge in [0.2, 0.25) is 0 Å². The summed E-state index contributed by atoms with van der Waals surface area (Å²) in [7, 11) is 0. The summed E-state index contributed by atoms with van der Waals surface area (Å²) >= 11 is 6.03. The van der Waals surface area contributed by atoms with Crippen LogP contribution in [0.15, 0.2) is 99.2 Å². The number of nitrogens with one attached hydrogen (secondary N) is 1. The first-order chi connectivity index (χ1) is 16.1. The highest BCUT2D eigenvalue weighted by Crippen LogP contribution is 2.24. The summed E-state index contributed by atoms with van der Waals surface area (Å²) in [6.45, 7) is 0.00453. The minimum absolute atomic E-state index is 0.00453. The summed E-state index contributed by atoms with van der Waals surface area (Å²) in [5.41, 5.74) is 4.72. The number of rotatable bonds is 5. The largest absolute Gasteiger partial charge is 0.455 e. The smallest absolute Gasteiger partial charge is 0.260 e. The number of fused-ring (bicyclic) bond motifs is 2. The number of nitrogens with zero attached hydrogens (tertiary/aromatic N) is 2. The van der Waals surface area contributed by atoms with Crippen molar-refractivity contribution in [2.24, 2.45) is 5.10 Å². The molecule has 0 unspecified atom stereocenters. The van der Waals surface area contributed by atoms with Crippen molar-refractivity contribution in [3.8, 4) is 11.3 Å². The van der Waals surface area contributed by atoms with Crippen LogP contribution in [0.5, 0.6) is 0 Å². The molecule has 7 heteroatoms. The highest BCUT2D eigenvalue weighted by Gasteiger charge is 2.12. The number of amides is 1. The Labute approximate surface area is 193 Å². The molecular formula is C26H18ClN3O3. The zero-order valence-corrected chi connectivity index (χ0v) is 18.1. The van der Waals surface area contributed by atoms with Gasteiger partial charge in [0.1, 0.15) is 18.1 Å². The number of hydrogen-bond acceptors (Lipinski definition) is 4. The topological polar surface area (TPSA) is 76.6 Å². The lowest BCUT2D eigenvalue weighted by molar-refractivity contribution is -0.121. The van der Waals surface area contributed by atoms with Gasteiger partial charge >= 0.3 is 0 Å². The number of pyridine rings is 1. The minimum Gasteiger partial charge on any atom is -0.455 e. The van der Waals surface area contributed by atoms with E-state index in [-0.39, 0.29) is 17.9 Å². The van der Waals surface area contributed by atoms with Gasteiger partial charge in [0.15, 0.2) is 5.43 Å². The second-order valence-electron chi connectivity index (χ2n) is 7.46. The molecule has 5 rings (SSSR count). The maximum atomic E-state index is 12.8. The molecule has 0 spiro atoms. The van der Waals surface area contributed by atoms with E-state index in [9.17, 15) is 9.59 Å². The summed E-state index contributed by atoms with van der Waals surface area (Å²) in [5, 5.41) is 5.77. The third-order valence-corrected chi connectivity index (χ3v) is 5.53. The summed E-state index contributed by atoms with van der Waals surface area (Å²) in [6, 6.07) is 25.4. The van der Waals surface area contributed by atoms with Gasteiger partial charge < -0.3 is 8.98 Å². The Hall–Kier alpha value is -4.16. The normalized spacial score (nSPS) is 11.4. The molecule has 3 aromatic carbocycles. The maximum absolute atomic E-state index is 12.8. The lowest BCUT2D eigenvalue weighted by Gasteiger charge is -2.14. The third kappa shape index (κ3) is 4.16. The summed E-state index contributed by atoms with van der Waals surface area (Å²) in [6.07, 6.45) is 1.44. The number of para-hydroxylation sites is 2. The molecule has 2 heterocycles. The molecule has 162 valence electrons. The number of carbonyl (C=O) groups excluding carboxylic acids is 1. The van der Waals surface area contributed by atoms with Gasteiger partial charge in [-0.05, 0) is 48.5 Å². The van der Waals surface area contributed by atoms with Crippen LogP contribution in [0.4, 0.5) is 0 Å². The number of carbonyl (C=O) groups is 1. The quantitative estimate of drug-likeness (QED) is 0.224. The van der Waals surface area contributed by atoms with E-state index in [1.807, 2.05) is 65.2 Å². The Morgan fingerprint density at radius 2 is 1.64 bits per heavy atom. The lowest BCUT2D eigenvalue weighted by Crippen LogP contribution is -2.25. The zero-order chi connectivity index (χ0) is 22.8. The predicted octanol–water partition coefficient (Wildman–Crippen LogP) is 5.22. The van der Waals surface area contributed by atoms with Crippen molar-refractivity contribution in [2.75, 3.05) is 0 Å². The molecule has 5 aromatic rings. The second kappa shape index (κ2) is 8.76. The first-order valence-electron chi connectivity index (χ1n) is 10.3. The van der Waals surface area contributed by atoms with E-state index < -0.39 is 0 Å². The molecule has 1 amide bonds. The highest BCUT2D eigenvalue weighted by atomic mass is 35.5. The Balaban J connectivity index is 1.36. The van der Waals surface area contributed by atoms with E-state index in [4.69, 9.17) is 16.0 Å². The van der Waals surface area contributed by atoms with Gasteiger partial charge in [-0.25, -0.2) is 5.43 Å². The fourth-order valence-electron chi connectivity index (χ4n) is 3.81. The van der Waals surface area contributed by atoms with Crippen molar-refractivity contribution in [3.63, 3.8) is 0 Å². The molecule has 0 aliphatic rings. The van der Waals surface area contributed by atoms with Crippen LogP contribution >= 0.6 is 11.6 Å². The van der Waals surface area contributed by atoms with Gasteiger partial charge in [0, 0.05) is 21.4 Å². The number of benzene rings is 3. The summed E-state index contributed by atoms with van der Waals surface area (Å²) in [5.74, 6) is 0.813. The zero-order valence-electron chi connectivity index (χ0n) is 17.4. The minimum atomic E-state index is -0.327. The highest BCUT2D eigenvalue weighted by molar-refractivity contribution is 6.30. The number of hydrogen-bond donors (Lipinski definition) is 1. The monoisotopic (exact) mass is 455 g/mol. The van der Waals surface area contributed by atoms with Crippen molar-refractivity contribution in [3.05, 3.63) is 106 Å². The Kier molecular flexibility index (Phi) is 5.50. The summed E-state index contributed by atoms with van der Waals surface area (Å²) in [4.78, 5) is 25.5. The van der Waals surface area contributed by atoms with Crippen molar-refractivity contribution in [1.82, 2.24) is 9.99 Å². The van der Waals surface area contributed by atoms with Gasteiger partial charge in [0.05, 0.1) is 17.2 Å². The van der Waals surface area contributed by atoms with E-state index in [1.54, 1.807) is 24.3 Å². The number of aromatic nitrogens is 1. The van der Waals surface area contributed by atoms with Crippen LogP contribution in [0.3, 0.4) is 0 Å². The molecule has 0 saturated heterocycles. The lowest BCUT2D eigenvalue weighted by atomic mass is 10.1. The molecule has 0 fully saturated rings.